The minimum Gasteiger partial charge on any atom is -0.457 e. The van der Waals surface area contributed by atoms with Gasteiger partial charge in [0.25, 0.3) is 0 Å². The number of rotatable bonds is 9. The van der Waals surface area contributed by atoms with Crippen LogP contribution >= 0.6 is 11.6 Å². The number of hydrogen-bond acceptors (Lipinski definition) is 3. The molecule has 176 valence electrons. The molecular formula is C24H20ClF5O3. The predicted molar refractivity (Wildman–Crippen MR) is 114 cm³/mol. The average molecular weight is 487 g/mol. The van der Waals surface area contributed by atoms with Gasteiger partial charge in [0.15, 0.2) is 0 Å². The molecule has 3 nitrogen and oxygen atoms in total. The van der Waals surface area contributed by atoms with Crippen LogP contribution in [0.1, 0.15) is 18.1 Å². The van der Waals surface area contributed by atoms with Crippen LogP contribution in [0.15, 0.2) is 72.8 Å². The first kappa shape index (κ1) is 24.8. The third kappa shape index (κ3) is 7.07. The van der Waals surface area contributed by atoms with E-state index in [-0.39, 0.29) is 18.8 Å². The van der Waals surface area contributed by atoms with Crippen molar-refractivity contribution in [2.24, 2.45) is 0 Å². The first-order valence-electron chi connectivity index (χ1n) is 9.80. The molecule has 0 saturated heterocycles. The fourth-order valence-corrected chi connectivity index (χ4v) is 3.15. The van der Waals surface area contributed by atoms with E-state index in [4.69, 9.17) is 21.1 Å². The number of halogens is 6. The maximum absolute atomic E-state index is 13.9. The van der Waals surface area contributed by atoms with Gasteiger partial charge in [0.2, 0.25) is 6.43 Å². The van der Waals surface area contributed by atoms with Crippen LogP contribution in [0, 0.1) is 0 Å². The fourth-order valence-electron chi connectivity index (χ4n) is 3.03. The maximum atomic E-state index is 13.9. The van der Waals surface area contributed by atoms with Gasteiger partial charge in [0.1, 0.15) is 17.2 Å². The van der Waals surface area contributed by atoms with Crippen molar-refractivity contribution in [2.45, 2.75) is 31.7 Å². The summed E-state index contributed by atoms with van der Waals surface area (Å²) in [4.78, 5) is 0. The SMILES string of the molecule is CC(COCc1cccc(Oc2ccc(Cl)cc2)c1)(c1ccc(OC(F)(F)F)cc1)C(F)F. The molecule has 3 aromatic carbocycles. The molecule has 0 heterocycles. The van der Waals surface area contributed by atoms with Crippen molar-refractivity contribution in [3.63, 3.8) is 0 Å². The number of ether oxygens (including phenoxy) is 3. The highest BCUT2D eigenvalue weighted by Gasteiger charge is 2.38. The molecule has 3 aromatic rings. The van der Waals surface area contributed by atoms with E-state index in [1.165, 1.54) is 19.1 Å². The summed E-state index contributed by atoms with van der Waals surface area (Å²) in [5.41, 5.74) is -0.896. The third-order valence-corrected chi connectivity index (χ3v) is 5.10. The Kier molecular flexibility index (Phi) is 7.81. The molecule has 0 aromatic heterocycles. The highest BCUT2D eigenvalue weighted by atomic mass is 35.5. The molecule has 1 unspecified atom stereocenters. The third-order valence-electron chi connectivity index (χ3n) is 4.85. The van der Waals surface area contributed by atoms with Gasteiger partial charge in [-0.05, 0) is 66.6 Å². The lowest BCUT2D eigenvalue weighted by Crippen LogP contribution is -2.36. The lowest BCUT2D eigenvalue weighted by atomic mass is 9.83. The molecule has 3 rings (SSSR count). The Balaban J connectivity index is 1.64. The Bertz CT molecular complexity index is 1040. The van der Waals surface area contributed by atoms with Crippen molar-refractivity contribution < 1.29 is 36.2 Å². The van der Waals surface area contributed by atoms with Crippen LogP contribution < -0.4 is 9.47 Å². The van der Waals surface area contributed by atoms with E-state index in [2.05, 4.69) is 4.74 Å². The Labute approximate surface area is 192 Å². The normalized spacial score (nSPS) is 13.6. The van der Waals surface area contributed by atoms with Gasteiger partial charge in [-0.3, -0.25) is 0 Å². The van der Waals surface area contributed by atoms with E-state index in [0.29, 0.717) is 22.1 Å². The molecule has 33 heavy (non-hydrogen) atoms. The Hall–Kier alpha value is -2.84. The van der Waals surface area contributed by atoms with Crippen LogP contribution in [0.25, 0.3) is 0 Å². The minimum absolute atomic E-state index is 0.0371. The zero-order chi connectivity index (χ0) is 24.1. The second-order valence-electron chi connectivity index (χ2n) is 7.49. The van der Waals surface area contributed by atoms with Crippen molar-refractivity contribution in [1.29, 1.82) is 0 Å². The van der Waals surface area contributed by atoms with Gasteiger partial charge in [-0.2, -0.15) is 0 Å². The van der Waals surface area contributed by atoms with Crippen LogP contribution in [-0.4, -0.2) is 19.4 Å². The van der Waals surface area contributed by atoms with Gasteiger partial charge in [-0.1, -0.05) is 35.9 Å². The lowest BCUT2D eigenvalue weighted by molar-refractivity contribution is -0.274. The molecule has 1 atom stereocenters. The molecule has 0 N–H and O–H groups in total. The summed E-state index contributed by atoms with van der Waals surface area (Å²) in [6, 6.07) is 18.1. The molecular weight excluding hydrogens is 467 g/mol. The lowest BCUT2D eigenvalue weighted by Gasteiger charge is -2.29. The number of alkyl halides is 5. The summed E-state index contributed by atoms with van der Waals surface area (Å²) in [5.74, 6) is 0.636. The molecule has 0 aliphatic carbocycles. The molecule has 0 radical (unpaired) electrons. The van der Waals surface area contributed by atoms with E-state index >= 15 is 0 Å². The molecule has 0 bridgehead atoms. The van der Waals surface area contributed by atoms with E-state index in [1.54, 1.807) is 48.5 Å². The molecule has 0 spiro atoms. The summed E-state index contributed by atoms with van der Waals surface area (Å²) in [6.45, 7) is 0.971. The van der Waals surface area contributed by atoms with Crippen LogP contribution in [0.2, 0.25) is 5.02 Å². The van der Waals surface area contributed by atoms with Gasteiger partial charge >= 0.3 is 6.36 Å². The zero-order valence-electron chi connectivity index (χ0n) is 17.4. The molecule has 0 aliphatic heterocycles. The van der Waals surface area contributed by atoms with E-state index in [9.17, 15) is 22.0 Å². The van der Waals surface area contributed by atoms with Gasteiger partial charge in [0, 0.05) is 5.02 Å². The first-order valence-corrected chi connectivity index (χ1v) is 10.2. The average Bonchev–Trinajstić information content (AvgIpc) is 2.75. The zero-order valence-corrected chi connectivity index (χ0v) is 18.2. The van der Waals surface area contributed by atoms with Gasteiger partial charge in [-0.15, -0.1) is 13.2 Å². The van der Waals surface area contributed by atoms with Crippen LogP contribution in [0.3, 0.4) is 0 Å². The smallest absolute Gasteiger partial charge is 0.457 e. The van der Waals surface area contributed by atoms with Crippen molar-refractivity contribution in [3.05, 3.63) is 88.9 Å². The second kappa shape index (κ2) is 10.4. The quantitative estimate of drug-likeness (QED) is 0.289. The van der Waals surface area contributed by atoms with Crippen molar-refractivity contribution in [1.82, 2.24) is 0 Å². The summed E-state index contributed by atoms with van der Waals surface area (Å²) < 4.78 is 79.8. The highest BCUT2D eigenvalue weighted by Crippen LogP contribution is 2.34. The van der Waals surface area contributed by atoms with Crippen molar-refractivity contribution in [2.75, 3.05) is 6.61 Å². The molecule has 0 amide bonds. The van der Waals surface area contributed by atoms with Crippen LogP contribution in [0.5, 0.6) is 17.2 Å². The van der Waals surface area contributed by atoms with Gasteiger partial charge < -0.3 is 14.2 Å². The van der Waals surface area contributed by atoms with Crippen molar-refractivity contribution >= 4 is 11.6 Å². The van der Waals surface area contributed by atoms with Gasteiger partial charge in [-0.25, -0.2) is 8.78 Å². The molecule has 9 heteroatoms. The molecule has 0 saturated carbocycles. The summed E-state index contributed by atoms with van der Waals surface area (Å²) in [7, 11) is 0. The van der Waals surface area contributed by atoms with Crippen LogP contribution in [0.4, 0.5) is 22.0 Å². The number of benzene rings is 3. The molecule has 0 aliphatic rings. The maximum Gasteiger partial charge on any atom is 0.573 e. The van der Waals surface area contributed by atoms with Gasteiger partial charge in [0.05, 0.1) is 18.6 Å². The largest absolute Gasteiger partial charge is 0.573 e. The minimum atomic E-state index is -4.86. The monoisotopic (exact) mass is 486 g/mol. The topological polar surface area (TPSA) is 27.7 Å². The summed E-state index contributed by atoms with van der Waals surface area (Å²) in [6.07, 6.45) is -7.67. The van der Waals surface area contributed by atoms with Crippen LogP contribution in [-0.2, 0) is 16.8 Å². The van der Waals surface area contributed by atoms with Crippen molar-refractivity contribution in [3.8, 4) is 17.2 Å². The van der Waals surface area contributed by atoms with E-state index in [1.807, 2.05) is 0 Å². The Morgan fingerprint density at radius 3 is 2.09 bits per heavy atom. The van der Waals surface area contributed by atoms with E-state index < -0.39 is 24.0 Å². The summed E-state index contributed by atoms with van der Waals surface area (Å²) >= 11 is 5.86. The molecule has 0 fully saturated rings. The first-order chi connectivity index (χ1) is 15.5. The highest BCUT2D eigenvalue weighted by molar-refractivity contribution is 6.30. The van der Waals surface area contributed by atoms with E-state index in [0.717, 1.165) is 12.1 Å². The Morgan fingerprint density at radius 1 is 0.848 bits per heavy atom. The Morgan fingerprint density at radius 2 is 1.48 bits per heavy atom. The second-order valence-corrected chi connectivity index (χ2v) is 7.92. The fraction of sp³-hybridized carbons (Fsp3) is 0.250. The standard InChI is InChI=1S/C24H20ClF5O3/c1-23(22(26)27,17-5-9-20(10-6-17)33-24(28,29)30)15-31-14-16-3-2-4-21(13-16)32-19-11-7-18(25)8-12-19/h2-13,22H,14-15H2,1H3. The number of hydrogen-bond donors (Lipinski definition) is 0. The summed E-state index contributed by atoms with van der Waals surface area (Å²) in [5, 5.41) is 0.578. The predicted octanol–water partition coefficient (Wildman–Crippen LogP) is 7.77.